The van der Waals surface area contributed by atoms with Gasteiger partial charge < -0.3 is 4.74 Å². The van der Waals surface area contributed by atoms with Crippen molar-refractivity contribution < 1.29 is 9.53 Å². The first-order chi connectivity index (χ1) is 7.79. The van der Waals surface area contributed by atoms with E-state index < -0.39 is 0 Å². The number of carbonyl (C=O) groups is 1. The number of rotatable bonds is 3. The van der Waals surface area contributed by atoms with Gasteiger partial charge in [0.15, 0.2) is 0 Å². The van der Waals surface area contributed by atoms with Crippen LogP contribution in [-0.2, 0) is 9.53 Å². The summed E-state index contributed by atoms with van der Waals surface area (Å²) in [5, 5.41) is 0. The fourth-order valence-electron chi connectivity index (χ4n) is 4.82. The summed E-state index contributed by atoms with van der Waals surface area (Å²) < 4.78 is 5.49. The summed E-state index contributed by atoms with van der Waals surface area (Å²) in [5.74, 6) is 2.34. The Kier molecular flexibility index (Phi) is 2.49. The summed E-state index contributed by atoms with van der Waals surface area (Å²) in [6.07, 6.45) is 8.55. The fourth-order valence-corrected chi connectivity index (χ4v) is 4.82. The predicted molar refractivity (Wildman–Crippen MR) is 61.9 cm³/mol. The molecular formula is C14H22O2. The van der Waals surface area contributed by atoms with Gasteiger partial charge in [-0.05, 0) is 56.3 Å². The Bertz CT molecular complexity index is 299. The Hall–Kier alpha value is -0.530. The molecule has 0 amide bonds. The quantitative estimate of drug-likeness (QED) is 0.686. The molecule has 4 unspecified atom stereocenters. The van der Waals surface area contributed by atoms with Gasteiger partial charge in [-0.2, -0.15) is 0 Å². The molecule has 2 nitrogen and oxygen atoms in total. The van der Waals surface area contributed by atoms with Gasteiger partial charge in [-0.3, -0.25) is 4.79 Å². The molecule has 0 aliphatic heterocycles. The highest BCUT2D eigenvalue weighted by Gasteiger charge is 2.64. The molecular weight excluding hydrogens is 200 g/mol. The molecule has 3 saturated carbocycles. The molecule has 4 atom stereocenters. The van der Waals surface area contributed by atoms with Gasteiger partial charge >= 0.3 is 5.97 Å². The number of hydrogen-bond donors (Lipinski definition) is 0. The van der Waals surface area contributed by atoms with Crippen molar-refractivity contribution in [1.29, 1.82) is 0 Å². The van der Waals surface area contributed by atoms with Gasteiger partial charge in [-0.1, -0.05) is 13.3 Å². The molecule has 0 saturated heterocycles. The van der Waals surface area contributed by atoms with Gasteiger partial charge in [0, 0.05) is 0 Å². The number of fused-ring (bicyclic) bond motifs is 5. The first kappa shape index (κ1) is 10.6. The summed E-state index contributed by atoms with van der Waals surface area (Å²) in [6, 6.07) is 0. The van der Waals surface area contributed by atoms with Crippen molar-refractivity contribution in [2.24, 2.45) is 23.2 Å². The third-order valence-electron chi connectivity index (χ3n) is 5.36. The maximum Gasteiger partial charge on any atom is 0.312 e. The monoisotopic (exact) mass is 222 g/mol. The molecule has 0 heterocycles. The molecule has 0 radical (unpaired) electrons. The van der Waals surface area contributed by atoms with E-state index in [9.17, 15) is 4.79 Å². The van der Waals surface area contributed by atoms with Crippen LogP contribution in [0.4, 0.5) is 0 Å². The van der Waals surface area contributed by atoms with E-state index >= 15 is 0 Å². The molecule has 3 rings (SSSR count). The minimum absolute atomic E-state index is 0.0297. The third-order valence-corrected chi connectivity index (χ3v) is 5.36. The molecule has 3 aliphatic carbocycles. The second-order valence-corrected chi connectivity index (χ2v) is 5.95. The van der Waals surface area contributed by atoms with Crippen LogP contribution < -0.4 is 0 Å². The maximum absolute atomic E-state index is 12.4. The smallest absolute Gasteiger partial charge is 0.312 e. The van der Waals surface area contributed by atoms with Crippen molar-refractivity contribution in [3.63, 3.8) is 0 Å². The Morgan fingerprint density at radius 1 is 1.38 bits per heavy atom. The summed E-state index contributed by atoms with van der Waals surface area (Å²) in [5.41, 5.74) is -0.0297. The van der Waals surface area contributed by atoms with Crippen LogP contribution in [0.5, 0.6) is 0 Å². The summed E-state index contributed by atoms with van der Waals surface area (Å²) in [6.45, 7) is 2.68. The lowest BCUT2D eigenvalue weighted by Gasteiger charge is -2.36. The van der Waals surface area contributed by atoms with Crippen LogP contribution in [0.1, 0.15) is 51.9 Å². The number of ether oxygens (including phenoxy) is 1. The lowest BCUT2D eigenvalue weighted by Crippen LogP contribution is -2.41. The van der Waals surface area contributed by atoms with E-state index in [2.05, 4.69) is 6.92 Å². The van der Waals surface area contributed by atoms with Crippen molar-refractivity contribution in [2.45, 2.75) is 51.9 Å². The molecule has 90 valence electrons. The van der Waals surface area contributed by atoms with E-state index in [1.807, 2.05) is 0 Å². The third kappa shape index (κ3) is 1.22. The van der Waals surface area contributed by atoms with Gasteiger partial charge in [0.25, 0.3) is 0 Å². The van der Waals surface area contributed by atoms with Crippen molar-refractivity contribution >= 4 is 5.97 Å². The van der Waals surface area contributed by atoms with E-state index in [0.717, 1.165) is 18.8 Å². The predicted octanol–water partition coefficient (Wildman–Crippen LogP) is 3.16. The van der Waals surface area contributed by atoms with Crippen molar-refractivity contribution in [3.05, 3.63) is 0 Å². The van der Waals surface area contributed by atoms with Crippen molar-refractivity contribution in [3.8, 4) is 0 Å². The molecule has 3 aliphatic rings. The zero-order chi connectivity index (χ0) is 11.2. The van der Waals surface area contributed by atoms with Gasteiger partial charge in [0.05, 0.1) is 12.0 Å². The van der Waals surface area contributed by atoms with E-state index in [1.54, 1.807) is 0 Å². The van der Waals surface area contributed by atoms with Crippen molar-refractivity contribution in [1.82, 2.24) is 0 Å². The average Bonchev–Trinajstić information content (AvgIpc) is 2.95. The SMILES string of the molecule is CCCOC(=O)C12CCCC1C1CCC2C1. The van der Waals surface area contributed by atoms with Crippen molar-refractivity contribution in [2.75, 3.05) is 6.61 Å². The molecule has 16 heavy (non-hydrogen) atoms. The summed E-state index contributed by atoms with van der Waals surface area (Å²) >= 11 is 0. The Morgan fingerprint density at radius 2 is 2.25 bits per heavy atom. The zero-order valence-corrected chi connectivity index (χ0v) is 10.2. The molecule has 3 fully saturated rings. The van der Waals surface area contributed by atoms with Gasteiger partial charge in [0.1, 0.15) is 0 Å². The van der Waals surface area contributed by atoms with Crippen LogP contribution in [0.15, 0.2) is 0 Å². The fraction of sp³-hybridized carbons (Fsp3) is 0.929. The molecule has 0 aromatic carbocycles. The van der Waals surface area contributed by atoms with E-state index in [-0.39, 0.29) is 11.4 Å². The number of esters is 1. The first-order valence-corrected chi connectivity index (χ1v) is 6.96. The van der Waals surface area contributed by atoms with E-state index in [1.165, 1.54) is 32.1 Å². The zero-order valence-electron chi connectivity index (χ0n) is 10.2. The standard InChI is InChI=1S/C14H22O2/c1-2-8-16-13(15)14-7-3-4-12(14)10-5-6-11(14)9-10/h10-12H,2-9H2,1H3. The lowest BCUT2D eigenvalue weighted by molar-refractivity contribution is -0.162. The minimum Gasteiger partial charge on any atom is -0.465 e. The molecule has 0 aromatic rings. The van der Waals surface area contributed by atoms with Crippen LogP contribution in [0.2, 0.25) is 0 Å². The maximum atomic E-state index is 12.4. The highest BCUT2D eigenvalue weighted by Crippen LogP contribution is 2.66. The van der Waals surface area contributed by atoms with Gasteiger partial charge in [0.2, 0.25) is 0 Å². The first-order valence-electron chi connectivity index (χ1n) is 6.96. The Labute approximate surface area is 97.7 Å². The van der Waals surface area contributed by atoms with Crippen LogP contribution in [0, 0.1) is 23.2 Å². The second kappa shape index (κ2) is 3.75. The van der Waals surface area contributed by atoms with Gasteiger partial charge in [-0.15, -0.1) is 0 Å². The second-order valence-electron chi connectivity index (χ2n) is 5.95. The largest absolute Gasteiger partial charge is 0.465 e. The van der Waals surface area contributed by atoms with Crippen LogP contribution in [-0.4, -0.2) is 12.6 Å². The van der Waals surface area contributed by atoms with E-state index in [4.69, 9.17) is 4.74 Å². The summed E-state index contributed by atoms with van der Waals surface area (Å²) in [4.78, 5) is 12.4. The Balaban J connectivity index is 1.82. The summed E-state index contributed by atoms with van der Waals surface area (Å²) in [7, 11) is 0. The van der Waals surface area contributed by atoms with Gasteiger partial charge in [-0.25, -0.2) is 0 Å². The normalized spacial score (nSPS) is 44.7. The molecule has 0 spiro atoms. The lowest BCUT2D eigenvalue weighted by atomic mass is 9.68. The average molecular weight is 222 g/mol. The topological polar surface area (TPSA) is 26.3 Å². The van der Waals surface area contributed by atoms with Crippen LogP contribution in [0.3, 0.4) is 0 Å². The van der Waals surface area contributed by atoms with E-state index in [0.29, 0.717) is 18.4 Å². The highest BCUT2D eigenvalue weighted by molar-refractivity contribution is 5.79. The molecule has 2 bridgehead atoms. The molecule has 0 aromatic heterocycles. The molecule has 0 N–H and O–H groups in total. The minimum atomic E-state index is -0.0297. The highest BCUT2D eigenvalue weighted by atomic mass is 16.5. The molecule has 2 heteroatoms. The van der Waals surface area contributed by atoms with Crippen LogP contribution >= 0.6 is 0 Å². The Morgan fingerprint density at radius 3 is 3.06 bits per heavy atom. The number of hydrogen-bond acceptors (Lipinski definition) is 2. The van der Waals surface area contributed by atoms with Crippen LogP contribution in [0.25, 0.3) is 0 Å². The number of carbonyl (C=O) groups excluding carboxylic acids is 1.